The Morgan fingerprint density at radius 3 is 2.12 bits per heavy atom. The van der Waals surface area contributed by atoms with E-state index in [9.17, 15) is 0 Å². The van der Waals surface area contributed by atoms with E-state index >= 15 is 0 Å². The molecule has 0 aromatic heterocycles. The van der Waals surface area contributed by atoms with E-state index in [2.05, 4.69) is 34.6 Å². The molecular formula is C26H44. The van der Waals surface area contributed by atoms with Gasteiger partial charge in [-0.05, 0) is 122 Å². The first-order chi connectivity index (χ1) is 12.3. The molecule has 0 radical (unpaired) electrons. The molecule has 0 bridgehead atoms. The molecule has 26 heavy (non-hydrogen) atoms. The second kappa shape index (κ2) is 5.76. The largest absolute Gasteiger partial charge is 0.0622 e. The standard InChI is InChI=1S/C26H44/c1-17-10-15-25(4)20(18(17)2)12-16-26(5)22-11-14-24(3)13-6-7-21(24)19(22)8-9-23(25)26/h17-23H,6-16H2,1-5H3. The van der Waals surface area contributed by atoms with Crippen LogP contribution in [0, 0.1) is 57.7 Å². The van der Waals surface area contributed by atoms with E-state index in [1.807, 2.05) is 0 Å². The minimum atomic E-state index is 0.653. The smallest absolute Gasteiger partial charge is 0.0261 e. The molecule has 0 aromatic carbocycles. The summed E-state index contributed by atoms with van der Waals surface area (Å²) >= 11 is 0. The van der Waals surface area contributed by atoms with E-state index < -0.39 is 0 Å². The molecule has 148 valence electrons. The van der Waals surface area contributed by atoms with Crippen molar-refractivity contribution in [1.82, 2.24) is 0 Å². The summed E-state index contributed by atoms with van der Waals surface area (Å²) in [5.74, 6) is 7.18. The maximum Gasteiger partial charge on any atom is -0.0261 e. The van der Waals surface area contributed by atoms with Crippen LogP contribution in [0.1, 0.15) is 105 Å². The molecule has 0 nitrogen and oxygen atoms in total. The van der Waals surface area contributed by atoms with Crippen molar-refractivity contribution in [2.45, 2.75) is 105 Å². The second-order valence-corrected chi connectivity index (χ2v) is 12.6. The van der Waals surface area contributed by atoms with E-state index in [1.165, 1.54) is 25.7 Å². The summed E-state index contributed by atoms with van der Waals surface area (Å²) in [6, 6.07) is 0. The first-order valence-electron chi connectivity index (χ1n) is 12.3. The SMILES string of the molecule is CC1CCC2(C)C(CCC3(C)C4CCC5(C)CCCC5C4CCC23)C1C. The van der Waals surface area contributed by atoms with Gasteiger partial charge in [-0.15, -0.1) is 0 Å². The fourth-order valence-corrected chi connectivity index (χ4v) is 10.4. The first-order valence-corrected chi connectivity index (χ1v) is 12.3. The summed E-state index contributed by atoms with van der Waals surface area (Å²) in [6.07, 6.45) is 17.0. The lowest BCUT2D eigenvalue weighted by Gasteiger charge is -2.67. The molecule has 0 heterocycles. The highest BCUT2D eigenvalue weighted by atomic mass is 14.7. The van der Waals surface area contributed by atoms with Crippen molar-refractivity contribution in [1.29, 1.82) is 0 Å². The van der Waals surface area contributed by atoms with E-state index in [0.29, 0.717) is 10.8 Å². The van der Waals surface area contributed by atoms with Crippen LogP contribution >= 0.6 is 0 Å². The Bertz CT molecular complexity index is 564. The lowest BCUT2D eigenvalue weighted by Crippen LogP contribution is -2.60. The van der Waals surface area contributed by atoms with Gasteiger partial charge in [-0.25, -0.2) is 0 Å². The van der Waals surface area contributed by atoms with Gasteiger partial charge in [-0.3, -0.25) is 0 Å². The maximum absolute atomic E-state index is 2.79. The van der Waals surface area contributed by atoms with Crippen LogP contribution in [0.15, 0.2) is 0 Å². The van der Waals surface area contributed by atoms with Crippen molar-refractivity contribution in [2.75, 3.05) is 0 Å². The average molecular weight is 357 g/mol. The predicted octanol–water partition coefficient (Wildman–Crippen LogP) is 7.72. The normalized spacial score (nSPS) is 62.0. The van der Waals surface area contributed by atoms with Gasteiger partial charge in [0, 0.05) is 0 Å². The number of hydrogen-bond donors (Lipinski definition) is 0. The van der Waals surface area contributed by atoms with Crippen LogP contribution in [0.25, 0.3) is 0 Å². The van der Waals surface area contributed by atoms with Gasteiger partial charge in [-0.1, -0.05) is 41.0 Å². The van der Waals surface area contributed by atoms with E-state index in [4.69, 9.17) is 0 Å². The Morgan fingerprint density at radius 2 is 1.31 bits per heavy atom. The van der Waals surface area contributed by atoms with Crippen molar-refractivity contribution < 1.29 is 0 Å². The van der Waals surface area contributed by atoms with Crippen LogP contribution in [0.5, 0.6) is 0 Å². The zero-order chi connectivity index (χ0) is 18.3. The number of rotatable bonds is 0. The quantitative estimate of drug-likeness (QED) is 0.417. The molecule has 0 aliphatic heterocycles. The molecule has 5 fully saturated rings. The minimum absolute atomic E-state index is 0.653. The summed E-state index contributed by atoms with van der Waals surface area (Å²) < 4.78 is 0. The second-order valence-electron chi connectivity index (χ2n) is 12.6. The van der Waals surface area contributed by atoms with Gasteiger partial charge >= 0.3 is 0 Å². The molecular weight excluding hydrogens is 312 g/mol. The predicted molar refractivity (Wildman–Crippen MR) is 111 cm³/mol. The molecule has 0 saturated heterocycles. The van der Waals surface area contributed by atoms with Crippen molar-refractivity contribution in [3.8, 4) is 0 Å². The van der Waals surface area contributed by atoms with E-state index in [-0.39, 0.29) is 0 Å². The third-order valence-electron chi connectivity index (χ3n) is 12.0. The lowest BCUT2D eigenvalue weighted by molar-refractivity contribution is -0.186. The van der Waals surface area contributed by atoms with Crippen molar-refractivity contribution in [2.24, 2.45) is 57.7 Å². The molecule has 5 aliphatic carbocycles. The maximum atomic E-state index is 2.79. The van der Waals surface area contributed by atoms with Crippen LogP contribution in [0.2, 0.25) is 0 Å². The fraction of sp³-hybridized carbons (Fsp3) is 1.00. The van der Waals surface area contributed by atoms with Crippen molar-refractivity contribution in [3.63, 3.8) is 0 Å². The Hall–Kier alpha value is 0. The summed E-state index contributed by atoms with van der Waals surface area (Å²) in [6.45, 7) is 13.3. The first kappa shape index (κ1) is 18.1. The molecule has 0 heteroatoms. The van der Waals surface area contributed by atoms with Crippen molar-refractivity contribution >= 4 is 0 Å². The molecule has 10 unspecified atom stereocenters. The number of fused-ring (bicyclic) bond motifs is 7. The highest BCUT2D eigenvalue weighted by Gasteiger charge is 2.63. The number of hydrogen-bond acceptors (Lipinski definition) is 0. The van der Waals surface area contributed by atoms with Gasteiger partial charge < -0.3 is 0 Å². The third kappa shape index (κ3) is 2.20. The van der Waals surface area contributed by atoms with Crippen LogP contribution < -0.4 is 0 Å². The van der Waals surface area contributed by atoms with Gasteiger partial charge in [0.05, 0.1) is 0 Å². The highest BCUT2D eigenvalue weighted by molar-refractivity contribution is 5.12. The topological polar surface area (TPSA) is 0 Å². The molecule has 0 aromatic rings. The van der Waals surface area contributed by atoms with Gasteiger partial charge in [-0.2, -0.15) is 0 Å². The minimum Gasteiger partial charge on any atom is -0.0622 e. The zero-order valence-corrected chi connectivity index (χ0v) is 18.3. The van der Waals surface area contributed by atoms with Gasteiger partial charge in [0.25, 0.3) is 0 Å². The average Bonchev–Trinajstić information content (AvgIpc) is 3.00. The summed E-state index contributed by atoms with van der Waals surface area (Å²) in [7, 11) is 0. The monoisotopic (exact) mass is 356 g/mol. The fourth-order valence-electron chi connectivity index (χ4n) is 10.4. The summed E-state index contributed by atoms with van der Waals surface area (Å²) in [4.78, 5) is 0. The molecule has 0 spiro atoms. The van der Waals surface area contributed by atoms with Gasteiger partial charge in [0.15, 0.2) is 0 Å². The van der Waals surface area contributed by atoms with Crippen molar-refractivity contribution in [3.05, 3.63) is 0 Å². The van der Waals surface area contributed by atoms with Crippen LogP contribution in [-0.2, 0) is 0 Å². The Labute approximate surface area is 163 Å². The molecule has 0 amide bonds. The molecule has 10 atom stereocenters. The van der Waals surface area contributed by atoms with Crippen LogP contribution in [0.4, 0.5) is 0 Å². The van der Waals surface area contributed by atoms with E-state index in [0.717, 1.165) is 46.8 Å². The summed E-state index contributed by atoms with van der Waals surface area (Å²) in [5, 5.41) is 0. The Balaban J connectivity index is 1.47. The van der Waals surface area contributed by atoms with Crippen LogP contribution in [0.3, 0.4) is 0 Å². The molecule has 5 saturated carbocycles. The van der Waals surface area contributed by atoms with Gasteiger partial charge in [0.2, 0.25) is 0 Å². The lowest BCUT2D eigenvalue weighted by atomic mass is 9.37. The molecule has 5 aliphatic rings. The Morgan fingerprint density at radius 1 is 0.615 bits per heavy atom. The Kier molecular flexibility index (Phi) is 4.00. The molecule has 0 N–H and O–H groups in total. The highest BCUT2D eigenvalue weighted by Crippen LogP contribution is 2.71. The summed E-state index contributed by atoms with van der Waals surface area (Å²) in [5.41, 5.74) is 2.04. The van der Waals surface area contributed by atoms with Gasteiger partial charge in [0.1, 0.15) is 0 Å². The third-order valence-corrected chi connectivity index (χ3v) is 12.0. The van der Waals surface area contributed by atoms with Crippen LogP contribution in [-0.4, -0.2) is 0 Å². The molecule has 5 rings (SSSR count). The van der Waals surface area contributed by atoms with E-state index in [1.54, 1.807) is 44.9 Å². The zero-order valence-electron chi connectivity index (χ0n) is 18.3.